The highest BCUT2D eigenvalue weighted by Gasteiger charge is 2.28. The smallest absolute Gasteiger partial charge is 0.223 e. The molecule has 3 rings (SSSR count). The number of piperidine rings is 1. The van der Waals surface area contributed by atoms with E-state index in [0.717, 1.165) is 30.8 Å². The molecule has 1 saturated heterocycles. The molecule has 1 aromatic heterocycles. The number of methoxy groups -OCH3 is 1. The number of nitrogens with one attached hydrogen (secondary N) is 1. The van der Waals surface area contributed by atoms with Gasteiger partial charge in [0.2, 0.25) is 5.95 Å². The van der Waals surface area contributed by atoms with E-state index in [1.807, 2.05) is 24.3 Å². The molecule has 1 aliphatic heterocycles. The van der Waals surface area contributed by atoms with E-state index in [-0.39, 0.29) is 24.4 Å². The summed E-state index contributed by atoms with van der Waals surface area (Å²) in [4.78, 5) is 13.2. The van der Waals surface area contributed by atoms with Crippen molar-refractivity contribution in [1.82, 2.24) is 20.3 Å². The van der Waals surface area contributed by atoms with Crippen molar-refractivity contribution in [3.8, 4) is 5.75 Å². The van der Waals surface area contributed by atoms with Crippen molar-refractivity contribution in [3.05, 3.63) is 41.5 Å². The van der Waals surface area contributed by atoms with Crippen LogP contribution in [0.1, 0.15) is 29.6 Å². The Balaban J connectivity index is 1.82. The molecule has 2 aromatic rings. The zero-order valence-electron chi connectivity index (χ0n) is 13.8. The molecule has 0 saturated carbocycles. The van der Waals surface area contributed by atoms with E-state index < -0.39 is 0 Å². The van der Waals surface area contributed by atoms with E-state index in [0.29, 0.717) is 18.1 Å². The van der Waals surface area contributed by atoms with Crippen molar-refractivity contribution in [2.45, 2.75) is 18.8 Å². The number of aromatic nitrogens is 3. The maximum atomic E-state index is 9.59. The van der Waals surface area contributed by atoms with E-state index in [9.17, 15) is 5.11 Å². The van der Waals surface area contributed by atoms with Gasteiger partial charge in [-0.2, -0.15) is 9.97 Å². The number of benzene rings is 1. The van der Waals surface area contributed by atoms with Crippen molar-refractivity contribution in [1.29, 1.82) is 0 Å². The second-order valence-electron chi connectivity index (χ2n) is 6.03. The molecule has 7 nitrogen and oxygen atoms in total. The number of nitrogens with zero attached hydrogens (tertiary/aromatic N) is 3. The number of ether oxygens (including phenoxy) is 1. The lowest BCUT2D eigenvalue weighted by Gasteiger charge is -2.29. The van der Waals surface area contributed by atoms with Crippen LogP contribution in [0.3, 0.4) is 0 Å². The van der Waals surface area contributed by atoms with Crippen LogP contribution in [0.5, 0.6) is 5.75 Å². The summed E-state index contributed by atoms with van der Waals surface area (Å²) in [5.41, 5.74) is 6.97. The molecule has 2 atom stereocenters. The molecular weight excluding hydrogens is 306 g/mol. The van der Waals surface area contributed by atoms with Crippen LogP contribution >= 0.6 is 0 Å². The van der Waals surface area contributed by atoms with Gasteiger partial charge in [-0.05, 0) is 30.7 Å². The minimum absolute atomic E-state index is 0.106. The molecule has 1 fully saturated rings. The van der Waals surface area contributed by atoms with E-state index in [1.54, 1.807) is 7.11 Å². The second kappa shape index (κ2) is 7.55. The first-order valence-corrected chi connectivity index (χ1v) is 8.14. The maximum Gasteiger partial charge on any atom is 0.223 e. The van der Waals surface area contributed by atoms with Gasteiger partial charge in [-0.3, -0.25) is 0 Å². The number of hydrogen-bond donors (Lipinski definition) is 3. The fraction of sp³-hybridized carbons (Fsp3) is 0.471. The van der Waals surface area contributed by atoms with E-state index >= 15 is 0 Å². The summed E-state index contributed by atoms with van der Waals surface area (Å²) in [5.74, 6) is 2.60. The second-order valence-corrected chi connectivity index (χ2v) is 6.03. The molecule has 128 valence electrons. The Morgan fingerprint density at radius 1 is 1.25 bits per heavy atom. The maximum absolute atomic E-state index is 9.59. The van der Waals surface area contributed by atoms with Crippen LogP contribution in [0.15, 0.2) is 24.3 Å². The molecular formula is C17H23N5O2. The Bertz CT molecular complexity index is 677. The van der Waals surface area contributed by atoms with Crippen LogP contribution in [-0.2, 0) is 6.42 Å². The van der Waals surface area contributed by atoms with Crippen LogP contribution in [0.2, 0.25) is 0 Å². The molecule has 0 bridgehead atoms. The molecule has 0 radical (unpaired) electrons. The lowest BCUT2D eigenvalue weighted by molar-refractivity contribution is 0.175. The highest BCUT2D eigenvalue weighted by atomic mass is 16.5. The van der Waals surface area contributed by atoms with E-state index in [4.69, 9.17) is 10.5 Å². The van der Waals surface area contributed by atoms with Gasteiger partial charge in [0.05, 0.1) is 7.11 Å². The largest absolute Gasteiger partial charge is 0.497 e. The Kier molecular flexibility index (Phi) is 5.22. The Morgan fingerprint density at radius 3 is 2.75 bits per heavy atom. The molecule has 4 N–H and O–H groups in total. The van der Waals surface area contributed by atoms with Gasteiger partial charge in [-0.15, -0.1) is 0 Å². The first-order valence-electron chi connectivity index (χ1n) is 8.14. The Hall–Kier alpha value is -2.25. The normalized spacial score (nSPS) is 20.8. The number of nitrogens with two attached hydrogens (primary N) is 1. The third-order valence-electron chi connectivity index (χ3n) is 4.41. The molecule has 2 heterocycles. The molecule has 7 heteroatoms. The van der Waals surface area contributed by atoms with Gasteiger partial charge in [0.25, 0.3) is 0 Å². The number of rotatable bonds is 5. The van der Waals surface area contributed by atoms with Crippen molar-refractivity contribution < 1.29 is 9.84 Å². The van der Waals surface area contributed by atoms with Gasteiger partial charge in [0.1, 0.15) is 17.4 Å². The van der Waals surface area contributed by atoms with Crippen molar-refractivity contribution in [3.63, 3.8) is 0 Å². The summed E-state index contributed by atoms with van der Waals surface area (Å²) in [6.07, 6.45) is 1.47. The first-order chi connectivity index (χ1) is 11.7. The van der Waals surface area contributed by atoms with Gasteiger partial charge in [-0.1, -0.05) is 12.1 Å². The van der Waals surface area contributed by atoms with Gasteiger partial charge in [0.15, 0.2) is 0 Å². The topological polar surface area (TPSA) is 106 Å². The van der Waals surface area contributed by atoms with Crippen LogP contribution in [-0.4, -0.2) is 46.9 Å². The molecule has 1 aliphatic rings. The van der Waals surface area contributed by atoms with Gasteiger partial charge in [0, 0.05) is 31.4 Å². The standard InChI is InChI=1S/C17H23N5O2/c1-24-13-4-2-11(3-5-13)8-15-20-16(22-17(18)21-15)14-6-7-19-9-12(14)10-23/h2-5,12,14,19,23H,6-10H2,1H3,(H2,18,20,21,22). The van der Waals surface area contributed by atoms with Crippen LogP contribution in [0.25, 0.3) is 0 Å². The lowest BCUT2D eigenvalue weighted by Crippen LogP contribution is -2.38. The third kappa shape index (κ3) is 3.80. The van der Waals surface area contributed by atoms with E-state index in [1.165, 1.54) is 0 Å². The predicted octanol–water partition coefficient (Wildman–Crippen LogP) is 0.739. The van der Waals surface area contributed by atoms with Crippen LogP contribution < -0.4 is 15.8 Å². The number of hydrogen-bond acceptors (Lipinski definition) is 7. The van der Waals surface area contributed by atoms with Gasteiger partial charge < -0.3 is 20.9 Å². The Labute approximate surface area is 141 Å². The minimum atomic E-state index is 0.106. The number of anilines is 1. The SMILES string of the molecule is COc1ccc(Cc2nc(N)nc(C3CCNCC3CO)n2)cc1. The highest BCUT2D eigenvalue weighted by molar-refractivity contribution is 5.29. The van der Waals surface area contributed by atoms with Crippen LogP contribution in [0.4, 0.5) is 5.95 Å². The molecule has 0 spiro atoms. The lowest BCUT2D eigenvalue weighted by atomic mass is 9.86. The molecule has 1 aromatic carbocycles. The highest BCUT2D eigenvalue weighted by Crippen LogP contribution is 2.28. The summed E-state index contributed by atoms with van der Waals surface area (Å²) in [6, 6.07) is 7.80. The third-order valence-corrected chi connectivity index (χ3v) is 4.41. The summed E-state index contributed by atoms with van der Waals surface area (Å²) >= 11 is 0. The number of aliphatic hydroxyl groups excluding tert-OH is 1. The monoisotopic (exact) mass is 329 g/mol. The van der Waals surface area contributed by atoms with Gasteiger partial charge in [-0.25, -0.2) is 4.98 Å². The fourth-order valence-electron chi connectivity index (χ4n) is 3.08. The summed E-state index contributed by atoms with van der Waals surface area (Å²) in [7, 11) is 1.64. The zero-order valence-corrected chi connectivity index (χ0v) is 13.8. The quantitative estimate of drug-likeness (QED) is 0.743. The zero-order chi connectivity index (χ0) is 16.9. The minimum Gasteiger partial charge on any atom is -0.497 e. The summed E-state index contributed by atoms with van der Waals surface area (Å²) in [5, 5.41) is 12.9. The molecule has 0 aliphatic carbocycles. The first kappa shape index (κ1) is 16.6. The van der Waals surface area contributed by atoms with Crippen LogP contribution in [0, 0.1) is 5.92 Å². The molecule has 0 amide bonds. The fourth-order valence-corrected chi connectivity index (χ4v) is 3.08. The summed E-state index contributed by atoms with van der Waals surface area (Å²) in [6.45, 7) is 1.76. The van der Waals surface area contributed by atoms with Gasteiger partial charge >= 0.3 is 0 Å². The summed E-state index contributed by atoms with van der Waals surface area (Å²) < 4.78 is 5.17. The van der Waals surface area contributed by atoms with Crippen molar-refractivity contribution in [2.75, 3.05) is 32.5 Å². The molecule has 2 unspecified atom stereocenters. The van der Waals surface area contributed by atoms with Crippen molar-refractivity contribution >= 4 is 5.95 Å². The molecule has 24 heavy (non-hydrogen) atoms. The number of aliphatic hydroxyl groups is 1. The van der Waals surface area contributed by atoms with E-state index in [2.05, 4.69) is 20.3 Å². The average molecular weight is 329 g/mol. The average Bonchev–Trinajstić information content (AvgIpc) is 2.62. The predicted molar refractivity (Wildman–Crippen MR) is 90.8 cm³/mol. The Morgan fingerprint density at radius 2 is 2.04 bits per heavy atom. The number of nitrogen functional groups attached to an aromatic ring is 1. The van der Waals surface area contributed by atoms with Crippen molar-refractivity contribution in [2.24, 2.45) is 5.92 Å².